The molecule has 0 unspecified atom stereocenters. The van der Waals surface area contributed by atoms with Crippen LogP contribution in [0.25, 0.3) is 0 Å². The summed E-state index contributed by atoms with van der Waals surface area (Å²) in [5, 5.41) is 3.08. The van der Waals surface area contributed by atoms with Crippen molar-refractivity contribution in [2.75, 3.05) is 13.1 Å². The standard InChI is InChI=1S/C9H13N3O/c1-2-12-4-3-11-9(12)8(13)7-5-10-6-7/h3-4,7,10H,2,5-6H2,1H3. The second-order valence-electron chi connectivity index (χ2n) is 3.26. The van der Waals surface area contributed by atoms with Crippen LogP contribution < -0.4 is 5.32 Å². The Kier molecular flexibility index (Phi) is 2.14. The van der Waals surface area contributed by atoms with Gasteiger partial charge in [-0.15, -0.1) is 0 Å². The number of aryl methyl sites for hydroxylation is 1. The molecule has 4 heteroatoms. The summed E-state index contributed by atoms with van der Waals surface area (Å²) in [7, 11) is 0. The molecule has 70 valence electrons. The fourth-order valence-electron chi connectivity index (χ4n) is 1.45. The summed E-state index contributed by atoms with van der Waals surface area (Å²) in [6.07, 6.45) is 3.53. The van der Waals surface area contributed by atoms with E-state index in [2.05, 4.69) is 10.3 Å². The molecule has 4 nitrogen and oxygen atoms in total. The van der Waals surface area contributed by atoms with E-state index in [1.165, 1.54) is 0 Å². The first-order chi connectivity index (χ1) is 6.33. The minimum atomic E-state index is 0.146. The van der Waals surface area contributed by atoms with Crippen molar-refractivity contribution in [3.8, 4) is 0 Å². The molecule has 0 bridgehead atoms. The van der Waals surface area contributed by atoms with Crippen molar-refractivity contribution in [2.24, 2.45) is 5.92 Å². The van der Waals surface area contributed by atoms with Gasteiger partial charge in [0.15, 0.2) is 5.82 Å². The fraction of sp³-hybridized carbons (Fsp3) is 0.556. The summed E-state index contributed by atoms with van der Waals surface area (Å²) in [6.45, 7) is 4.42. The van der Waals surface area contributed by atoms with Crippen LogP contribution >= 0.6 is 0 Å². The normalized spacial score (nSPS) is 17.0. The fourth-order valence-corrected chi connectivity index (χ4v) is 1.45. The molecule has 1 aliphatic rings. The van der Waals surface area contributed by atoms with Crippen molar-refractivity contribution in [1.29, 1.82) is 0 Å². The van der Waals surface area contributed by atoms with E-state index in [4.69, 9.17) is 0 Å². The largest absolute Gasteiger partial charge is 0.329 e. The number of Topliss-reactive ketones (excluding diaryl/α,β-unsaturated/α-hetero) is 1. The first kappa shape index (κ1) is 8.44. The molecule has 1 aromatic rings. The van der Waals surface area contributed by atoms with E-state index in [0.717, 1.165) is 19.6 Å². The Morgan fingerprint density at radius 1 is 1.77 bits per heavy atom. The number of carbonyl (C=O) groups excluding carboxylic acids is 1. The smallest absolute Gasteiger partial charge is 0.203 e. The third-order valence-electron chi connectivity index (χ3n) is 2.43. The lowest BCUT2D eigenvalue weighted by Gasteiger charge is -2.25. The monoisotopic (exact) mass is 179 g/mol. The predicted octanol–water partition coefficient (Wildman–Crippen LogP) is 0.305. The van der Waals surface area contributed by atoms with Crippen LogP contribution in [0.1, 0.15) is 17.5 Å². The molecule has 1 N–H and O–H groups in total. The van der Waals surface area contributed by atoms with Gasteiger partial charge >= 0.3 is 0 Å². The number of hydrogen-bond acceptors (Lipinski definition) is 3. The summed E-state index contributed by atoms with van der Waals surface area (Å²) >= 11 is 0. The number of rotatable bonds is 3. The van der Waals surface area contributed by atoms with Crippen LogP contribution in [0.2, 0.25) is 0 Å². The van der Waals surface area contributed by atoms with Crippen LogP contribution in [0, 0.1) is 5.92 Å². The zero-order valence-corrected chi connectivity index (χ0v) is 7.66. The van der Waals surface area contributed by atoms with Crippen molar-refractivity contribution >= 4 is 5.78 Å². The topological polar surface area (TPSA) is 46.9 Å². The Bertz CT molecular complexity index is 314. The highest BCUT2D eigenvalue weighted by molar-refractivity contribution is 5.95. The van der Waals surface area contributed by atoms with Gasteiger partial charge in [-0.2, -0.15) is 0 Å². The van der Waals surface area contributed by atoms with Gasteiger partial charge in [-0.3, -0.25) is 4.79 Å². The summed E-state index contributed by atoms with van der Waals surface area (Å²) < 4.78 is 1.89. The van der Waals surface area contributed by atoms with Crippen LogP contribution in [-0.2, 0) is 6.54 Å². The molecule has 1 fully saturated rings. The predicted molar refractivity (Wildman–Crippen MR) is 48.6 cm³/mol. The van der Waals surface area contributed by atoms with E-state index in [1.54, 1.807) is 6.20 Å². The molecule has 1 saturated heterocycles. The number of nitrogens with one attached hydrogen (secondary N) is 1. The SMILES string of the molecule is CCn1ccnc1C(=O)C1CNC1. The van der Waals surface area contributed by atoms with Gasteiger partial charge in [-0.25, -0.2) is 4.98 Å². The molecule has 2 heterocycles. The van der Waals surface area contributed by atoms with Crippen molar-refractivity contribution < 1.29 is 4.79 Å². The molecule has 1 aliphatic heterocycles. The highest BCUT2D eigenvalue weighted by atomic mass is 16.1. The van der Waals surface area contributed by atoms with Gasteiger partial charge < -0.3 is 9.88 Å². The molecule has 0 radical (unpaired) electrons. The van der Waals surface area contributed by atoms with Gasteiger partial charge in [-0.05, 0) is 6.92 Å². The lowest BCUT2D eigenvalue weighted by atomic mass is 9.97. The van der Waals surface area contributed by atoms with Crippen molar-refractivity contribution in [3.63, 3.8) is 0 Å². The molecule has 1 aromatic heterocycles. The summed E-state index contributed by atoms with van der Waals surface area (Å²) in [6, 6.07) is 0. The molecule has 2 rings (SSSR count). The van der Waals surface area contributed by atoms with Crippen LogP contribution in [-0.4, -0.2) is 28.4 Å². The van der Waals surface area contributed by atoms with E-state index in [-0.39, 0.29) is 11.7 Å². The number of hydrogen-bond donors (Lipinski definition) is 1. The quantitative estimate of drug-likeness (QED) is 0.679. The minimum Gasteiger partial charge on any atom is -0.329 e. The van der Waals surface area contributed by atoms with Gasteiger partial charge in [0.05, 0.1) is 5.92 Å². The summed E-state index contributed by atoms with van der Waals surface area (Å²) in [5.41, 5.74) is 0. The van der Waals surface area contributed by atoms with Gasteiger partial charge in [0.1, 0.15) is 0 Å². The molecule has 0 spiro atoms. The molecular formula is C9H13N3O. The number of ketones is 1. The van der Waals surface area contributed by atoms with E-state index >= 15 is 0 Å². The number of aromatic nitrogens is 2. The minimum absolute atomic E-state index is 0.146. The molecule has 0 amide bonds. The van der Waals surface area contributed by atoms with E-state index < -0.39 is 0 Å². The van der Waals surface area contributed by atoms with E-state index in [0.29, 0.717) is 5.82 Å². The van der Waals surface area contributed by atoms with Crippen LogP contribution in [0.4, 0.5) is 0 Å². The average Bonchev–Trinajstić information content (AvgIpc) is 2.47. The molecular weight excluding hydrogens is 166 g/mol. The van der Waals surface area contributed by atoms with Crippen LogP contribution in [0.3, 0.4) is 0 Å². The van der Waals surface area contributed by atoms with Crippen LogP contribution in [0.15, 0.2) is 12.4 Å². The zero-order chi connectivity index (χ0) is 9.26. The Hall–Kier alpha value is -1.16. The van der Waals surface area contributed by atoms with Crippen molar-refractivity contribution in [2.45, 2.75) is 13.5 Å². The average molecular weight is 179 g/mol. The third kappa shape index (κ3) is 1.37. The van der Waals surface area contributed by atoms with Crippen LogP contribution in [0.5, 0.6) is 0 Å². The highest BCUT2D eigenvalue weighted by Gasteiger charge is 2.28. The number of imidazole rings is 1. The third-order valence-corrected chi connectivity index (χ3v) is 2.43. The molecule has 0 atom stereocenters. The Balaban J connectivity index is 2.18. The summed E-state index contributed by atoms with van der Waals surface area (Å²) in [5.74, 6) is 0.923. The lowest BCUT2D eigenvalue weighted by Crippen LogP contribution is -2.47. The first-order valence-electron chi connectivity index (χ1n) is 4.59. The molecule has 0 saturated carbocycles. The second-order valence-corrected chi connectivity index (χ2v) is 3.26. The van der Waals surface area contributed by atoms with E-state index in [9.17, 15) is 4.79 Å². The molecule has 13 heavy (non-hydrogen) atoms. The lowest BCUT2D eigenvalue weighted by molar-refractivity contribution is 0.0862. The highest BCUT2D eigenvalue weighted by Crippen LogP contribution is 2.11. The molecule has 0 aliphatic carbocycles. The maximum Gasteiger partial charge on any atom is 0.203 e. The Labute approximate surface area is 77.0 Å². The first-order valence-corrected chi connectivity index (χ1v) is 4.59. The van der Waals surface area contributed by atoms with Gasteiger partial charge in [0.25, 0.3) is 0 Å². The van der Waals surface area contributed by atoms with Crippen molar-refractivity contribution in [1.82, 2.24) is 14.9 Å². The van der Waals surface area contributed by atoms with Gasteiger partial charge in [0.2, 0.25) is 5.78 Å². The second kappa shape index (κ2) is 3.30. The van der Waals surface area contributed by atoms with Gasteiger partial charge in [0, 0.05) is 32.0 Å². The Morgan fingerprint density at radius 2 is 2.54 bits per heavy atom. The maximum absolute atomic E-state index is 11.7. The molecule has 0 aromatic carbocycles. The number of carbonyl (C=O) groups is 1. The van der Waals surface area contributed by atoms with Crippen molar-refractivity contribution in [3.05, 3.63) is 18.2 Å². The summed E-state index contributed by atoms with van der Waals surface area (Å²) in [4.78, 5) is 15.8. The van der Waals surface area contributed by atoms with E-state index in [1.807, 2.05) is 17.7 Å². The zero-order valence-electron chi connectivity index (χ0n) is 7.66. The van der Waals surface area contributed by atoms with Gasteiger partial charge in [-0.1, -0.05) is 0 Å². The number of nitrogens with zero attached hydrogens (tertiary/aromatic N) is 2. The maximum atomic E-state index is 11.7. The Morgan fingerprint density at radius 3 is 3.08 bits per heavy atom.